The molecular formula is C10H18N2O2. The fourth-order valence-electron chi connectivity index (χ4n) is 1.81. The Morgan fingerprint density at radius 2 is 1.79 bits per heavy atom. The highest BCUT2D eigenvalue weighted by Crippen LogP contribution is 2.11. The van der Waals surface area contributed by atoms with Crippen molar-refractivity contribution in [3.8, 4) is 0 Å². The van der Waals surface area contributed by atoms with Gasteiger partial charge in [0.05, 0.1) is 12.6 Å². The van der Waals surface area contributed by atoms with Crippen LogP contribution in [0.2, 0.25) is 0 Å². The summed E-state index contributed by atoms with van der Waals surface area (Å²) in [5.41, 5.74) is 0. The number of hydrogen-bond donors (Lipinski definition) is 0. The second kappa shape index (κ2) is 5.22. The average Bonchev–Trinajstić information content (AvgIpc) is 2.27. The Balaban J connectivity index is 2.59. The lowest BCUT2D eigenvalue weighted by Gasteiger charge is -2.38. The normalized spacial score (nSPS) is 21.0. The van der Waals surface area contributed by atoms with Gasteiger partial charge in [-0.1, -0.05) is 13.8 Å². The Morgan fingerprint density at radius 3 is 2.14 bits per heavy atom. The van der Waals surface area contributed by atoms with E-state index in [1.54, 1.807) is 0 Å². The summed E-state index contributed by atoms with van der Waals surface area (Å²) >= 11 is 0. The first-order valence-electron chi connectivity index (χ1n) is 5.15. The monoisotopic (exact) mass is 198 g/mol. The van der Waals surface area contributed by atoms with Gasteiger partial charge in [0.15, 0.2) is 6.29 Å². The minimum atomic E-state index is -0.262. The van der Waals surface area contributed by atoms with E-state index >= 15 is 0 Å². The fourth-order valence-corrected chi connectivity index (χ4v) is 1.81. The van der Waals surface area contributed by atoms with Crippen molar-refractivity contribution in [3.63, 3.8) is 0 Å². The largest absolute Gasteiger partial charge is 0.295 e. The van der Waals surface area contributed by atoms with Crippen molar-refractivity contribution < 1.29 is 9.59 Å². The molecule has 4 heteroatoms. The van der Waals surface area contributed by atoms with Crippen molar-refractivity contribution in [1.82, 2.24) is 9.80 Å². The molecule has 0 aromatic heterocycles. The van der Waals surface area contributed by atoms with Crippen LogP contribution >= 0.6 is 0 Å². The highest BCUT2D eigenvalue weighted by molar-refractivity contribution is 6.26. The molecule has 4 nitrogen and oxygen atoms in total. The van der Waals surface area contributed by atoms with Crippen LogP contribution in [0.5, 0.6) is 0 Å². The lowest BCUT2D eigenvalue weighted by molar-refractivity contribution is -0.134. The highest BCUT2D eigenvalue weighted by atomic mass is 16.2. The molecule has 0 aromatic carbocycles. The lowest BCUT2D eigenvalue weighted by atomic mass is 10.0. The molecule has 0 saturated carbocycles. The van der Waals surface area contributed by atoms with Gasteiger partial charge in [0.2, 0.25) is 5.78 Å². The first-order valence-corrected chi connectivity index (χ1v) is 5.15. The van der Waals surface area contributed by atoms with Crippen LogP contribution in [0.3, 0.4) is 0 Å². The second-order valence-corrected chi connectivity index (χ2v) is 3.70. The minimum absolute atomic E-state index is 0.124. The molecule has 0 spiro atoms. The maximum Gasteiger partial charge on any atom is 0.200 e. The van der Waals surface area contributed by atoms with Crippen molar-refractivity contribution in [2.45, 2.75) is 13.8 Å². The van der Waals surface area contributed by atoms with Crippen LogP contribution in [0.25, 0.3) is 0 Å². The Morgan fingerprint density at radius 1 is 1.29 bits per heavy atom. The van der Waals surface area contributed by atoms with Crippen LogP contribution in [0.4, 0.5) is 0 Å². The summed E-state index contributed by atoms with van der Waals surface area (Å²) < 4.78 is 0. The molecule has 0 radical (unpaired) electrons. The summed E-state index contributed by atoms with van der Waals surface area (Å²) in [5, 5.41) is 0. The summed E-state index contributed by atoms with van der Waals surface area (Å²) in [6.07, 6.45) is 0.456. The van der Waals surface area contributed by atoms with Crippen molar-refractivity contribution in [2.75, 3.05) is 32.8 Å². The zero-order valence-electron chi connectivity index (χ0n) is 8.90. The van der Waals surface area contributed by atoms with Crippen molar-refractivity contribution in [3.05, 3.63) is 0 Å². The first kappa shape index (κ1) is 11.3. The zero-order valence-corrected chi connectivity index (χ0v) is 8.90. The average molecular weight is 198 g/mol. The van der Waals surface area contributed by atoms with Gasteiger partial charge in [0.1, 0.15) is 0 Å². The van der Waals surface area contributed by atoms with E-state index in [4.69, 9.17) is 0 Å². The Hall–Kier alpha value is -0.740. The van der Waals surface area contributed by atoms with Crippen molar-refractivity contribution >= 4 is 12.1 Å². The molecule has 0 aliphatic carbocycles. The Labute approximate surface area is 84.9 Å². The van der Waals surface area contributed by atoms with Gasteiger partial charge in [-0.05, 0) is 13.1 Å². The molecule has 0 unspecified atom stereocenters. The van der Waals surface area contributed by atoms with Crippen LogP contribution in [-0.2, 0) is 9.59 Å². The van der Waals surface area contributed by atoms with Gasteiger partial charge in [-0.3, -0.25) is 19.4 Å². The number of carbonyl (C=O) groups is 2. The molecule has 0 N–H and O–H groups in total. The lowest BCUT2D eigenvalue weighted by Crippen LogP contribution is -2.51. The van der Waals surface area contributed by atoms with Crippen LogP contribution in [0.1, 0.15) is 13.8 Å². The van der Waals surface area contributed by atoms with E-state index in [1.165, 1.54) is 0 Å². The molecule has 80 valence electrons. The standard InChI is InChI=1S/C10H18N2O2/c1-3-11-5-9(10(14)7-13)6-12(4-2)8-11/h7,9H,3-6,8H2,1-2H3. The van der Waals surface area contributed by atoms with Gasteiger partial charge >= 0.3 is 0 Å². The van der Waals surface area contributed by atoms with Gasteiger partial charge in [0, 0.05) is 13.1 Å². The van der Waals surface area contributed by atoms with Crippen LogP contribution in [-0.4, -0.2) is 54.7 Å². The molecule has 1 rings (SSSR count). The number of aldehydes is 1. The Kier molecular flexibility index (Phi) is 4.22. The summed E-state index contributed by atoms with van der Waals surface area (Å²) in [6, 6.07) is 0. The second-order valence-electron chi connectivity index (χ2n) is 3.70. The highest BCUT2D eigenvalue weighted by Gasteiger charge is 2.28. The molecule has 1 aliphatic heterocycles. The maximum absolute atomic E-state index is 11.3. The molecule has 1 fully saturated rings. The predicted molar refractivity (Wildman–Crippen MR) is 53.9 cm³/mol. The van der Waals surface area contributed by atoms with Gasteiger partial charge in [-0.15, -0.1) is 0 Å². The van der Waals surface area contributed by atoms with Gasteiger partial charge < -0.3 is 0 Å². The quantitative estimate of drug-likeness (QED) is 0.470. The smallest absolute Gasteiger partial charge is 0.200 e. The number of ketones is 1. The summed E-state index contributed by atoms with van der Waals surface area (Å²) in [5.74, 6) is -0.386. The molecule has 0 bridgehead atoms. The van der Waals surface area contributed by atoms with Crippen LogP contribution < -0.4 is 0 Å². The maximum atomic E-state index is 11.3. The molecule has 0 aromatic rings. The third kappa shape index (κ3) is 2.62. The van der Waals surface area contributed by atoms with Gasteiger partial charge in [-0.2, -0.15) is 0 Å². The SMILES string of the molecule is CCN1CC(C(=O)C=O)CN(CC)C1. The molecular weight excluding hydrogens is 180 g/mol. The van der Waals surface area contributed by atoms with E-state index in [0.717, 1.165) is 32.8 Å². The van der Waals surface area contributed by atoms with E-state index < -0.39 is 0 Å². The molecule has 0 amide bonds. The molecule has 1 aliphatic rings. The molecule has 14 heavy (non-hydrogen) atoms. The minimum Gasteiger partial charge on any atom is -0.295 e. The number of Topliss-reactive ketones (excluding diaryl/α,β-unsaturated/α-hetero) is 1. The number of hydrogen-bond acceptors (Lipinski definition) is 4. The Bertz CT molecular complexity index is 206. The van der Waals surface area contributed by atoms with Crippen LogP contribution in [0.15, 0.2) is 0 Å². The van der Waals surface area contributed by atoms with E-state index in [-0.39, 0.29) is 11.7 Å². The first-order chi connectivity index (χ1) is 6.71. The van der Waals surface area contributed by atoms with E-state index in [9.17, 15) is 9.59 Å². The number of rotatable bonds is 4. The van der Waals surface area contributed by atoms with Crippen molar-refractivity contribution in [1.29, 1.82) is 0 Å². The summed E-state index contributed by atoms with van der Waals surface area (Å²) in [4.78, 5) is 26.1. The molecule has 1 saturated heterocycles. The summed E-state index contributed by atoms with van der Waals surface area (Å²) in [7, 11) is 0. The number of carbonyl (C=O) groups excluding carboxylic acids is 2. The number of nitrogens with zero attached hydrogens (tertiary/aromatic N) is 2. The zero-order chi connectivity index (χ0) is 10.6. The van der Waals surface area contributed by atoms with E-state index in [2.05, 4.69) is 23.6 Å². The van der Waals surface area contributed by atoms with Crippen molar-refractivity contribution in [2.24, 2.45) is 5.92 Å². The predicted octanol–water partition coefficient (Wildman–Crippen LogP) is -0.0145. The molecule has 1 heterocycles. The van der Waals surface area contributed by atoms with Gasteiger partial charge in [-0.25, -0.2) is 0 Å². The van der Waals surface area contributed by atoms with Gasteiger partial charge in [0.25, 0.3) is 0 Å². The molecule has 0 atom stereocenters. The van der Waals surface area contributed by atoms with E-state index in [0.29, 0.717) is 6.29 Å². The third-order valence-electron chi connectivity index (χ3n) is 2.77. The third-order valence-corrected chi connectivity index (χ3v) is 2.77. The topological polar surface area (TPSA) is 40.6 Å². The fraction of sp³-hybridized carbons (Fsp3) is 0.800. The summed E-state index contributed by atoms with van der Waals surface area (Å²) in [6.45, 7) is 8.37. The van der Waals surface area contributed by atoms with E-state index in [1.807, 2.05) is 0 Å². The van der Waals surface area contributed by atoms with Crippen LogP contribution in [0, 0.1) is 5.92 Å².